The molecule has 0 atom stereocenters. The molecule has 1 aromatic rings. The largest absolute Gasteiger partial charge is 0.464 e. The van der Waals surface area contributed by atoms with Gasteiger partial charge in [-0.15, -0.1) is 0 Å². The second kappa shape index (κ2) is 7.93. The number of aliphatic hydroxyl groups is 2. The molecule has 0 aliphatic heterocycles. The summed E-state index contributed by atoms with van der Waals surface area (Å²) >= 11 is 0. The van der Waals surface area contributed by atoms with Crippen molar-refractivity contribution < 1.29 is 19.4 Å². The molecule has 0 radical (unpaired) electrons. The number of rotatable bonds is 8. The third kappa shape index (κ3) is 5.42. The van der Waals surface area contributed by atoms with Gasteiger partial charge in [0.25, 0.3) is 0 Å². The zero-order chi connectivity index (χ0) is 14.3. The Labute approximate surface area is 113 Å². The highest BCUT2D eigenvalue weighted by molar-refractivity contribution is 5.77. The molecule has 0 aliphatic rings. The van der Waals surface area contributed by atoms with E-state index in [1.54, 1.807) is 16.8 Å². The van der Waals surface area contributed by atoms with E-state index < -0.39 is 0 Å². The van der Waals surface area contributed by atoms with Crippen LogP contribution in [0.3, 0.4) is 0 Å². The summed E-state index contributed by atoms with van der Waals surface area (Å²) in [6.45, 7) is 3.13. The van der Waals surface area contributed by atoms with E-state index in [0.29, 0.717) is 19.6 Å². The van der Waals surface area contributed by atoms with Crippen molar-refractivity contribution >= 4 is 5.91 Å². The Morgan fingerprint density at radius 2 is 1.89 bits per heavy atom. The fraction of sp³-hybridized carbons (Fsp3) is 0.615. The van der Waals surface area contributed by atoms with Gasteiger partial charge in [0.2, 0.25) is 5.91 Å². The SMILES string of the molecule is Cc1ccc(CN(C)C(=O)CN(CCO)CCO)o1. The van der Waals surface area contributed by atoms with Crippen LogP contribution in [0.1, 0.15) is 11.5 Å². The lowest BCUT2D eigenvalue weighted by Crippen LogP contribution is -2.40. The average Bonchev–Trinajstić information content (AvgIpc) is 2.75. The zero-order valence-electron chi connectivity index (χ0n) is 11.5. The first-order chi connectivity index (χ1) is 9.06. The van der Waals surface area contributed by atoms with Crippen LogP contribution in [0.4, 0.5) is 0 Å². The molecule has 1 aromatic heterocycles. The molecule has 0 spiro atoms. The van der Waals surface area contributed by atoms with E-state index in [-0.39, 0.29) is 25.7 Å². The molecule has 1 rings (SSSR count). The van der Waals surface area contributed by atoms with Crippen molar-refractivity contribution in [1.29, 1.82) is 0 Å². The molecule has 1 heterocycles. The van der Waals surface area contributed by atoms with Crippen molar-refractivity contribution in [2.24, 2.45) is 0 Å². The Morgan fingerprint density at radius 1 is 1.26 bits per heavy atom. The Kier molecular flexibility index (Phi) is 6.55. The van der Waals surface area contributed by atoms with Gasteiger partial charge in [0.05, 0.1) is 26.3 Å². The number of hydrogen-bond acceptors (Lipinski definition) is 5. The van der Waals surface area contributed by atoms with Gasteiger partial charge in [-0.25, -0.2) is 0 Å². The number of carbonyl (C=O) groups is 1. The van der Waals surface area contributed by atoms with Gasteiger partial charge < -0.3 is 19.5 Å². The molecule has 0 saturated heterocycles. The predicted molar refractivity (Wildman–Crippen MR) is 70.5 cm³/mol. The van der Waals surface area contributed by atoms with E-state index in [9.17, 15) is 4.79 Å². The monoisotopic (exact) mass is 270 g/mol. The quantitative estimate of drug-likeness (QED) is 0.686. The van der Waals surface area contributed by atoms with E-state index in [2.05, 4.69) is 0 Å². The van der Waals surface area contributed by atoms with Gasteiger partial charge in [-0.05, 0) is 19.1 Å². The fourth-order valence-electron chi connectivity index (χ4n) is 1.76. The first-order valence-corrected chi connectivity index (χ1v) is 6.30. The minimum Gasteiger partial charge on any atom is -0.464 e. The van der Waals surface area contributed by atoms with Crippen molar-refractivity contribution in [2.45, 2.75) is 13.5 Å². The Hall–Kier alpha value is -1.37. The van der Waals surface area contributed by atoms with E-state index in [1.165, 1.54) is 0 Å². The van der Waals surface area contributed by atoms with Crippen molar-refractivity contribution in [3.63, 3.8) is 0 Å². The molecule has 1 amide bonds. The first-order valence-electron chi connectivity index (χ1n) is 6.30. The number of carbonyl (C=O) groups excluding carboxylic acids is 1. The zero-order valence-corrected chi connectivity index (χ0v) is 11.5. The molecule has 0 unspecified atom stereocenters. The number of amides is 1. The maximum atomic E-state index is 12.0. The van der Waals surface area contributed by atoms with Gasteiger partial charge in [-0.2, -0.15) is 0 Å². The summed E-state index contributed by atoms with van der Waals surface area (Å²) in [5.41, 5.74) is 0. The van der Waals surface area contributed by atoms with E-state index in [1.807, 2.05) is 19.1 Å². The molecule has 0 aliphatic carbocycles. The van der Waals surface area contributed by atoms with Gasteiger partial charge in [0.15, 0.2) is 0 Å². The van der Waals surface area contributed by atoms with Crippen LogP contribution in [0.2, 0.25) is 0 Å². The maximum absolute atomic E-state index is 12.0. The Morgan fingerprint density at radius 3 is 2.37 bits per heavy atom. The van der Waals surface area contributed by atoms with Gasteiger partial charge in [0, 0.05) is 20.1 Å². The van der Waals surface area contributed by atoms with Crippen molar-refractivity contribution in [2.75, 3.05) is 39.9 Å². The van der Waals surface area contributed by atoms with Crippen LogP contribution >= 0.6 is 0 Å². The minimum atomic E-state index is -0.0732. The predicted octanol–water partition coefficient (Wildman–Crippen LogP) is -0.167. The molecular formula is C13H22N2O4. The van der Waals surface area contributed by atoms with Crippen molar-refractivity contribution in [3.8, 4) is 0 Å². The van der Waals surface area contributed by atoms with Crippen LogP contribution in [0.25, 0.3) is 0 Å². The number of aliphatic hydroxyl groups excluding tert-OH is 2. The smallest absolute Gasteiger partial charge is 0.236 e. The summed E-state index contributed by atoms with van der Waals surface area (Å²) in [6, 6.07) is 3.70. The molecule has 6 nitrogen and oxygen atoms in total. The first kappa shape index (κ1) is 15.7. The van der Waals surface area contributed by atoms with Crippen LogP contribution in [0, 0.1) is 6.92 Å². The third-order valence-electron chi connectivity index (χ3n) is 2.81. The Balaban J connectivity index is 2.46. The normalized spacial score (nSPS) is 11.0. The highest BCUT2D eigenvalue weighted by Crippen LogP contribution is 2.08. The van der Waals surface area contributed by atoms with Gasteiger partial charge in [-0.3, -0.25) is 9.69 Å². The summed E-state index contributed by atoms with van der Waals surface area (Å²) in [5, 5.41) is 17.8. The summed E-state index contributed by atoms with van der Waals surface area (Å²) in [5.74, 6) is 1.48. The van der Waals surface area contributed by atoms with E-state index in [0.717, 1.165) is 11.5 Å². The lowest BCUT2D eigenvalue weighted by atomic mass is 10.3. The number of furan rings is 1. The summed E-state index contributed by atoms with van der Waals surface area (Å²) < 4.78 is 5.42. The van der Waals surface area contributed by atoms with E-state index >= 15 is 0 Å². The summed E-state index contributed by atoms with van der Waals surface area (Å²) in [7, 11) is 1.70. The number of likely N-dealkylation sites (N-methyl/N-ethyl adjacent to an activating group) is 1. The van der Waals surface area contributed by atoms with Crippen LogP contribution in [0.15, 0.2) is 16.5 Å². The summed E-state index contributed by atoms with van der Waals surface area (Å²) in [6.07, 6.45) is 0. The highest BCUT2D eigenvalue weighted by atomic mass is 16.3. The molecular weight excluding hydrogens is 248 g/mol. The third-order valence-corrected chi connectivity index (χ3v) is 2.81. The van der Waals surface area contributed by atoms with Gasteiger partial charge in [-0.1, -0.05) is 0 Å². The molecule has 0 bridgehead atoms. The molecule has 0 aromatic carbocycles. The standard InChI is InChI=1S/C13H22N2O4/c1-11-3-4-12(19-11)9-14(2)13(18)10-15(5-7-16)6-8-17/h3-4,16-17H,5-10H2,1-2H3. The highest BCUT2D eigenvalue weighted by Gasteiger charge is 2.15. The van der Waals surface area contributed by atoms with Crippen LogP contribution < -0.4 is 0 Å². The Bertz CT molecular complexity index is 386. The average molecular weight is 270 g/mol. The maximum Gasteiger partial charge on any atom is 0.236 e. The van der Waals surface area contributed by atoms with E-state index in [4.69, 9.17) is 14.6 Å². The van der Waals surface area contributed by atoms with Gasteiger partial charge >= 0.3 is 0 Å². The lowest BCUT2D eigenvalue weighted by Gasteiger charge is -2.23. The molecule has 108 valence electrons. The van der Waals surface area contributed by atoms with Crippen LogP contribution in [0.5, 0.6) is 0 Å². The number of hydrogen-bond donors (Lipinski definition) is 2. The second-order valence-corrected chi connectivity index (χ2v) is 4.49. The number of nitrogens with zero attached hydrogens (tertiary/aromatic N) is 2. The second-order valence-electron chi connectivity index (χ2n) is 4.49. The van der Waals surface area contributed by atoms with Gasteiger partial charge in [0.1, 0.15) is 11.5 Å². The topological polar surface area (TPSA) is 77.2 Å². The van der Waals surface area contributed by atoms with Crippen molar-refractivity contribution in [3.05, 3.63) is 23.7 Å². The molecule has 0 saturated carbocycles. The summed E-state index contributed by atoms with van der Waals surface area (Å²) in [4.78, 5) is 15.3. The van der Waals surface area contributed by atoms with Crippen LogP contribution in [-0.4, -0.2) is 65.8 Å². The molecule has 2 N–H and O–H groups in total. The van der Waals surface area contributed by atoms with Crippen LogP contribution in [-0.2, 0) is 11.3 Å². The molecule has 6 heteroatoms. The lowest BCUT2D eigenvalue weighted by molar-refractivity contribution is -0.132. The minimum absolute atomic E-state index is 0.0334. The molecule has 0 fully saturated rings. The molecule has 19 heavy (non-hydrogen) atoms. The number of aryl methyl sites for hydroxylation is 1. The van der Waals surface area contributed by atoms with Crippen molar-refractivity contribution in [1.82, 2.24) is 9.80 Å². The fourth-order valence-corrected chi connectivity index (χ4v) is 1.76.